The number of aromatic nitrogens is 2. The predicted octanol–water partition coefficient (Wildman–Crippen LogP) is 4.43. The van der Waals surface area contributed by atoms with Crippen LogP contribution in [0, 0.1) is 6.92 Å². The predicted molar refractivity (Wildman–Crippen MR) is 91.7 cm³/mol. The van der Waals surface area contributed by atoms with Crippen molar-refractivity contribution in [3.63, 3.8) is 0 Å². The second kappa shape index (κ2) is 6.51. The lowest BCUT2D eigenvalue weighted by atomic mass is 10.2. The van der Waals surface area contributed by atoms with E-state index in [2.05, 4.69) is 15.1 Å². The minimum Gasteiger partial charge on any atom is -0.250 e. The Balaban J connectivity index is 2.04. The van der Waals surface area contributed by atoms with E-state index in [0.29, 0.717) is 5.39 Å². The number of anilines is 1. The number of fused-ring (bicyclic) bond motifs is 1. The largest absolute Gasteiger partial charge is 0.451 e. The highest BCUT2D eigenvalue weighted by Crippen LogP contribution is 2.31. The Labute approximate surface area is 142 Å². The van der Waals surface area contributed by atoms with Crippen LogP contribution in [0.1, 0.15) is 17.0 Å². The summed E-state index contributed by atoms with van der Waals surface area (Å²) in [4.78, 5) is 7.28. The molecule has 0 radical (unpaired) electrons. The van der Waals surface area contributed by atoms with Crippen LogP contribution in [0.4, 0.5) is 19.0 Å². The third-order valence-electron chi connectivity index (χ3n) is 3.57. The Morgan fingerprint density at radius 2 is 1.80 bits per heavy atom. The van der Waals surface area contributed by atoms with E-state index >= 15 is 0 Å². The van der Waals surface area contributed by atoms with Gasteiger partial charge in [-0.3, -0.25) is 5.01 Å². The lowest BCUT2D eigenvalue weighted by Crippen LogP contribution is -2.17. The Hall–Kier alpha value is -2.96. The van der Waals surface area contributed by atoms with Gasteiger partial charge in [-0.15, -0.1) is 0 Å². The lowest BCUT2D eigenvalue weighted by Gasteiger charge is -2.16. The minimum absolute atomic E-state index is 0.0989. The molecule has 0 N–H and O–H groups in total. The lowest BCUT2D eigenvalue weighted by molar-refractivity contribution is -0.144. The molecular formula is C18H15F3N4. The molecule has 0 bridgehead atoms. The van der Waals surface area contributed by atoms with Gasteiger partial charge < -0.3 is 0 Å². The number of aryl methyl sites for hydroxylation is 1. The molecule has 0 saturated carbocycles. The molecule has 4 nitrogen and oxygen atoms in total. The second-order valence-electron chi connectivity index (χ2n) is 5.57. The number of benzene rings is 2. The summed E-state index contributed by atoms with van der Waals surface area (Å²) in [5.74, 6) is -1.08. The topological polar surface area (TPSA) is 41.4 Å². The summed E-state index contributed by atoms with van der Waals surface area (Å²) in [5.41, 5.74) is 2.14. The van der Waals surface area contributed by atoms with Crippen LogP contribution in [0.2, 0.25) is 0 Å². The average Bonchev–Trinajstić information content (AvgIpc) is 2.58. The van der Waals surface area contributed by atoms with Gasteiger partial charge in [0, 0.05) is 12.4 Å². The number of hydrazone groups is 1. The molecule has 1 aromatic heterocycles. The van der Waals surface area contributed by atoms with Gasteiger partial charge in [-0.1, -0.05) is 42.0 Å². The fourth-order valence-corrected chi connectivity index (χ4v) is 2.39. The number of hydrogen-bond donors (Lipinski definition) is 0. The number of halogens is 3. The highest BCUT2D eigenvalue weighted by Gasteiger charge is 2.35. The van der Waals surface area contributed by atoms with Crippen LogP contribution in [0.3, 0.4) is 0 Å². The van der Waals surface area contributed by atoms with Crippen LogP contribution < -0.4 is 5.01 Å². The van der Waals surface area contributed by atoms with E-state index in [1.54, 1.807) is 31.5 Å². The Morgan fingerprint density at radius 1 is 1.04 bits per heavy atom. The summed E-state index contributed by atoms with van der Waals surface area (Å²) in [5, 5.41) is 6.05. The van der Waals surface area contributed by atoms with Gasteiger partial charge in [0.05, 0.1) is 11.7 Å². The molecule has 0 aliphatic rings. The maximum Gasteiger partial charge on any atom is 0.451 e. The van der Waals surface area contributed by atoms with E-state index in [1.165, 1.54) is 11.1 Å². The number of hydrogen-bond acceptors (Lipinski definition) is 4. The number of para-hydroxylation sites is 1. The fourth-order valence-electron chi connectivity index (χ4n) is 2.39. The molecule has 0 aliphatic heterocycles. The van der Waals surface area contributed by atoms with Crippen molar-refractivity contribution in [1.82, 2.24) is 9.97 Å². The zero-order chi connectivity index (χ0) is 18.0. The third-order valence-corrected chi connectivity index (χ3v) is 3.57. The van der Waals surface area contributed by atoms with E-state index in [4.69, 9.17) is 0 Å². The maximum atomic E-state index is 13.1. The highest BCUT2D eigenvalue weighted by atomic mass is 19.4. The standard InChI is InChI=1S/C18H15F3N4/c1-12-6-5-7-13(10-12)11-22-25(2)16-14-8-3-4-9-15(14)23-17(24-16)18(19,20)21/h3-11H,1-2H3/b22-11+. The average molecular weight is 344 g/mol. The molecule has 1 heterocycles. The van der Waals surface area contributed by atoms with E-state index in [-0.39, 0.29) is 11.3 Å². The quantitative estimate of drug-likeness (QED) is 0.521. The molecule has 0 saturated heterocycles. The van der Waals surface area contributed by atoms with Crippen molar-refractivity contribution in [3.05, 3.63) is 65.5 Å². The molecule has 128 valence electrons. The van der Waals surface area contributed by atoms with Gasteiger partial charge in [-0.25, -0.2) is 9.97 Å². The van der Waals surface area contributed by atoms with Crippen molar-refractivity contribution >= 4 is 22.9 Å². The summed E-state index contributed by atoms with van der Waals surface area (Å²) in [6.45, 7) is 1.95. The molecule has 0 fully saturated rings. The summed E-state index contributed by atoms with van der Waals surface area (Å²) < 4.78 is 39.2. The summed E-state index contributed by atoms with van der Waals surface area (Å²) >= 11 is 0. The number of nitrogens with zero attached hydrogens (tertiary/aromatic N) is 4. The van der Waals surface area contributed by atoms with Crippen molar-refractivity contribution < 1.29 is 13.2 Å². The molecule has 0 unspecified atom stereocenters. The van der Waals surface area contributed by atoms with Crippen LogP contribution in [0.5, 0.6) is 0 Å². The second-order valence-corrected chi connectivity index (χ2v) is 5.57. The molecule has 2 aromatic carbocycles. The first-order valence-electron chi connectivity index (χ1n) is 7.53. The normalized spacial score (nSPS) is 12.0. The van der Waals surface area contributed by atoms with Crippen LogP contribution in [0.25, 0.3) is 10.9 Å². The molecule has 0 aliphatic carbocycles. The van der Waals surface area contributed by atoms with Crippen molar-refractivity contribution in [2.24, 2.45) is 5.10 Å². The van der Waals surface area contributed by atoms with Crippen LogP contribution in [0.15, 0.2) is 53.6 Å². The smallest absolute Gasteiger partial charge is 0.250 e. The monoisotopic (exact) mass is 344 g/mol. The molecule has 0 spiro atoms. The third kappa shape index (κ3) is 3.76. The molecule has 3 rings (SSSR count). The van der Waals surface area contributed by atoms with E-state index < -0.39 is 12.0 Å². The van der Waals surface area contributed by atoms with Gasteiger partial charge in [0.25, 0.3) is 0 Å². The Morgan fingerprint density at radius 3 is 2.52 bits per heavy atom. The van der Waals surface area contributed by atoms with Gasteiger partial charge in [0.2, 0.25) is 5.82 Å². The van der Waals surface area contributed by atoms with Gasteiger partial charge in [0.15, 0.2) is 5.82 Å². The first kappa shape index (κ1) is 16.9. The van der Waals surface area contributed by atoms with Gasteiger partial charge in [-0.2, -0.15) is 18.3 Å². The van der Waals surface area contributed by atoms with E-state index in [1.807, 2.05) is 31.2 Å². The molecule has 0 atom stereocenters. The molecule has 25 heavy (non-hydrogen) atoms. The first-order chi connectivity index (χ1) is 11.8. The SMILES string of the molecule is Cc1cccc(/C=N/N(C)c2nc(C(F)(F)F)nc3ccccc23)c1. The number of alkyl halides is 3. The van der Waals surface area contributed by atoms with Crippen molar-refractivity contribution in [2.45, 2.75) is 13.1 Å². The minimum atomic E-state index is -4.63. The van der Waals surface area contributed by atoms with Gasteiger partial charge in [-0.05, 0) is 24.6 Å². The zero-order valence-corrected chi connectivity index (χ0v) is 13.6. The number of rotatable bonds is 3. The van der Waals surface area contributed by atoms with E-state index in [0.717, 1.165) is 11.1 Å². The van der Waals surface area contributed by atoms with Gasteiger partial charge >= 0.3 is 6.18 Å². The molecule has 3 aromatic rings. The highest BCUT2D eigenvalue weighted by molar-refractivity contribution is 5.90. The van der Waals surface area contributed by atoms with Crippen molar-refractivity contribution in [3.8, 4) is 0 Å². The molecular weight excluding hydrogens is 329 g/mol. The fraction of sp³-hybridized carbons (Fsp3) is 0.167. The molecule has 7 heteroatoms. The van der Waals surface area contributed by atoms with Crippen LogP contribution in [-0.2, 0) is 6.18 Å². The summed E-state index contributed by atoms with van der Waals surface area (Å²) in [6.07, 6.45) is -3.04. The maximum absolute atomic E-state index is 13.1. The summed E-state index contributed by atoms with van der Waals surface area (Å²) in [6, 6.07) is 14.2. The molecule has 0 amide bonds. The van der Waals surface area contributed by atoms with Crippen molar-refractivity contribution in [2.75, 3.05) is 12.1 Å². The van der Waals surface area contributed by atoms with Gasteiger partial charge in [0.1, 0.15) is 0 Å². The van der Waals surface area contributed by atoms with Crippen LogP contribution in [-0.4, -0.2) is 23.2 Å². The zero-order valence-electron chi connectivity index (χ0n) is 13.6. The Kier molecular flexibility index (Phi) is 4.39. The van der Waals surface area contributed by atoms with E-state index in [9.17, 15) is 13.2 Å². The van der Waals surface area contributed by atoms with Crippen LogP contribution >= 0.6 is 0 Å². The summed E-state index contributed by atoms with van der Waals surface area (Å²) in [7, 11) is 1.56. The Bertz CT molecular complexity index is 935. The first-order valence-corrected chi connectivity index (χ1v) is 7.53. The van der Waals surface area contributed by atoms with Crippen molar-refractivity contribution in [1.29, 1.82) is 0 Å².